The molecule has 0 aliphatic heterocycles. The van der Waals surface area contributed by atoms with E-state index in [9.17, 15) is 31.1 Å². The van der Waals surface area contributed by atoms with Crippen molar-refractivity contribution in [2.75, 3.05) is 6.61 Å². The van der Waals surface area contributed by atoms with E-state index in [0.717, 1.165) is 0 Å². The van der Waals surface area contributed by atoms with E-state index in [0.29, 0.717) is 6.92 Å². The first kappa shape index (κ1) is 16.0. The van der Waals surface area contributed by atoms with Crippen molar-refractivity contribution in [2.24, 2.45) is 5.92 Å². The molecule has 0 aliphatic carbocycles. The molecule has 0 fully saturated rings. The van der Waals surface area contributed by atoms with E-state index in [-0.39, 0.29) is 0 Å². The molecule has 0 aromatic rings. The Morgan fingerprint density at radius 1 is 1.18 bits per heavy atom. The lowest BCUT2D eigenvalue weighted by molar-refractivity contribution is -0.380. The van der Waals surface area contributed by atoms with Crippen LogP contribution in [0.4, 0.5) is 26.3 Å². The Morgan fingerprint density at radius 3 is 1.76 bits per heavy atom. The van der Waals surface area contributed by atoms with E-state index in [1.165, 1.54) is 6.92 Å². The highest BCUT2D eigenvalue weighted by atomic mass is 19.4. The zero-order chi connectivity index (χ0) is 14.1. The normalized spacial score (nSPS) is 15.6. The van der Waals surface area contributed by atoms with Gasteiger partial charge in [0.25, 0.3) is 5.60 Å². The molecule has 0 aliphatic rings. The van der Waals surface area contributed by atoms with Crippen LogP contribution < -0.4 is 0 Å². The minimum Gasteiger partial charge on any atom is -0.466 e. The van der Waals surface area contributed by atoms with E-state index in [1.54, 1.807) is 0 Å². The highest BCUT2D eigenvalue weighted by Crippen LogP contribution is 2.47. The maximum atomic E-state index is 12.3. The van der Waals surface area contributed by atoms with Gasteiger partial charge in [0.2, 0.25) is 0 Å². The second-order valence-electron chi connectivity index (χ2n) is 3.24. The number of esters is 1. The van der Waals surface area contributed by atoms with Gasteiger partial charge < -0.3 is 9.84 Å². The van der Waals surface area contributed by atoms with Gasteiger partial charge in [-0.1, -0.05) is 0 Å². The number of carbonyl (C=O) groups is 1. The number of rotatable bonds is 3. The van der Waals surface area contributed by atoms with E-state index >= 15 is 0 Å². The molecule has 9 heteroatoms. The maximum absolute atomic E-state index is 12.3. The van der Waals surface area contributed by atoms with Crippen molar-refractivity contribution in [2.45, 2.75) is 31.8 Å². The summed E-state index contributed by atoms with van der Waals surface area (Å²) in [5, 5.41) is 8.80. The SMILES string of the molecule is CCOC(=O)C(C)C(O)(C(F)(F)F)C(F)(F)F. The fourth-order valence-corrected chi connectivity index (χ4v) is 1.09. The molecule has 0 spiro atoms. The van der Waals surface area contributed by atoms with E-state index in [2.05, 4.69) is 4.74 Å². The number of halogens is 6. The van der Waals surface area contributed by atoms with E-state index in [1.807, 2.05) is 0 Å². The first-order valence-electron chi connectivity index (χ1n) is 4.42. The molecular weight excluding hydrogens is 258 g/mol. The number of hydrogen-bond donors (Lipinski definition) is 1. The van der Waals surface area contributed by atoms with Gasteiger partial charge in [0.1, 0.15) is 5.92 Å². The number of alkyl halides is 6. The first-order valence-corrected chi connectivity index (χ1v) is 4.42. The molecule has 1 atom stereocenters. The van der Waals surface area contributed by atoms with Gasteiger partial charge in [-0.15, -0.1) is 0 Å². The van der Waals surface area contributed by atoms with Crippen molar-refractivity contribution in [3.63, 3.8) is 0 Å². The molecule has 0 aromatic carbocycles. The quantitative estimate of drug-likeness (QED) is 0.629. The van der Waals surface area contributed by atoms with Crippen LogP contribution in [0.25, 0.3) is 0 Å². The third-order valence-electron chi connectivity index (χ3n) is 2.13. The van der Waals surface area contributed by atoms with Crippen LogP contribution in [0.15, 0.2) is 0 Å². The highest BCUT2D eigenvalue weighted by Gasteiger charge is 2.74. The topological polar surface area (TPSA) is 46.5 Å². The molecule has 17 heavy (non-hydrogen) atoms. The number of aliphatic hydroxyl groups is 1. The number of carbonyl (C=O) groups excluding carboxylic acids is 1. The molecule has 0 amide bonds. The third-order valence-corrected chi connectivity index (χ3v) is 2.13. The molecule has 0 bridgehead atoms. The molecule has 0 saturated heterocycles. The summed E-state index contributed by atoms with van der Waals surface area (Å²) in [5.74, 6) is -4.58. The van der Waals surface area contributed by atoms with Crippen LogP contribution in [0.1, 0.15) is 13.8 Å². The molecule has 0 rings (SSSR count). The van der Waals surface area contributed by atoms with Gasteiger partial charge in [0, 0.05) is 0 Å². The van der Waals surface area contributed by atoms with Crippen LogP contribution in [-0.2, 0) is 9.53 Å². The number of ether oxygens (including phenoxy) is 1. The summed E-state index contributed by atoms with van der Waals surface area (Å²) in [7, 11) is 0. The Labute approximate surface area is 92.4 Å². The summed E-state index contributed by atoms with van der Waals surface area (Å²) in [6, 6.07) is 0. The average Bonchev–Trinajstić information content (AvgIpc) is 2.12. The van der Waals surface area contributed by atoms with Crippen LogP contribution >= 0.6 is 0 Å². The van der Waals surface area contributed by atoms with Crippen molar-refractivity contribution >= 4 is 5.97 Å². The lowest BCUT2D eigenvalue weighted by Gasteiger charge is -2.35. The van der Waals surface area contributed by atoms with Gasteiger partial charge in [0.15, 0.2) is 0 Å². The Morgan fingerprint density at radius 2 is 1.53 bits per heavy atom. The van der Waals surface area contributed by atoms with Crippen LogP contribution in [0.5, 0.6) is 0 Å². The van der Waals surface area contributed by atoms with Crippen LogP contribution in [0.3, 0.4) is 0 Å². The summed E-state index contributed by atoms with van der Waals surface area (Å²) >= 11 is 0. The summed E-state index contributed by atoms with van der Waals surface area (Å²) in [6.45, 7) is 1.12. The fourth-order valence-electron chi connectivity index (χ4n) is 1.09. The monoisotopic (exact) mass is 268 g/mol. The minimum atomic E-state index is -6.03. The van der Waals surface area contributed by atoms with Crippen molar-refractivity contribution in [3.8, 4) is 0 Å². The lowest BCUT2D eigenvalue weighted by atomic mass is 9.87. The van der Waals surface area contributed by atoms with Gasteiger partial charge in [-0.25, -0.2) is 0 Å². The molecule has 0 aromatic heterocycles. The molecule has 0 radical (unpaired) electrons. The molecule has 0 heterocycles. The Hall–Kier alpha value is -0.990. The van der Waals surface area contributed by atoms with Crippen molar-refractivity contribution in [3.05, 3.63) is 0 Å². The predicted molar refractivity (Wildman–Crippen MR) is 42.9 cm³/mol. The summed E-state index contributed by atoms with van der Waals surface area (Å²) in [4.78, 5) is 10.9. The summed E-state index contributed by atoms with van der Waals surface area (Å²) < 4.78 is 77.7. The van der Waals surface area contributed by atoms with E-state index < -0.39 is 36.4 Å². The Balaban J connectivity index is 5.44. The minimum absolute atomic E-state index is 0.305. The summed E-state index contributed by atoms with van der Waals surface area (Å²) in [5.41, 5.74) is -5.12. The van der Waals surface area contributed by atoms with E-state index in [4.69, 9.17) is 5.11 Å². The zero-order valence-corrected chi connectivity index (χ0v) is 8.82. The Bertz CT molecular complexity index is 268. The number of hydrogen-bond acceptors (Lipinski definition) is 3. The zero-order valence-electron chi connectivity index (χ0n) is 8.82. The third kappa shape index (κ3) is 2.82. The second kappa shape index (κ2) is 4.71. The average molecular weight is 268 g/mol. The Kier molecular flexibility index (Phi) is 4.44. The van der Waals surface area contributed by atoms with Gasteiger partial charge in [-0.3, -0.25) is 4.79 Å². The van der Waals surface area contributed by atoms with Gasteiger partial charge >= 0.3 is 18.3 Å². The lowest BCUT2D eigenvalue weighted by Crippen LogP contribution is -2.62. The molecule has 0 saturated carbocycles. The first-order chi connectivity index (χ1) is 7.39. The van der Waals surface area contributed by atoms with Crippen molar-refractivity contribution in [1.82, 2.24) is 0 Å². The van der Waals surface area contributed by atoms with Gasteiger partial charge in [0.05, 0.1) is 6.61 Å². The predicted octanol–water partition coefficient (Wildman–Crippen LogP) is 2.04. The van der Waals surface area contributed by atoms with Crippen LogP contribution in [-0.4, -0.2) is 35.6 Å². The van der Waals surface area contributed by atoms with Crippen LogP contribution in [0.2, 0.25) is 0 Å². The molecule has 3 nitrogen and oxygen atoms in total. The largest absolute Gasteiger partial charge is 0.466 e. The molecular formula is C8H10F6O3. The highest BCUT2D eigenvalue weighted by molar-refractivity contribution is 5.73. The fraction of sp³-hybridized carbons (Fsp3) is 0.875. The van der Waals surface area contributed by atoms with Crippen molar-refractivity contribution < 1.29 is 41.0 Å². The summed E-state index contributed by atoms with van der Waals surface area (Å²) in [6.07, 6.45) is -12.1. The smallest absolute Gasteiger partial charge is 0.427 e. The molecule has 1 unspecified atom stereocenters. The van der Waals surface area contributed by atoms with Gasteiger partial charge in [-0.2, -0.15) is 26.3 Å². The van der Waals surface area contributed by atoms with Crippen molar-refractivity contribution in [1.29, 1.82) is 0 Å². The standard InChI is InChI=1S/C8H10F6O3/c1-3-17-5(15)4(2)6(16,7(9,10)11)8(12,13)14/h4,16H,3H2,1-2H3. The molecule has 1 N–H and O–H groups in total. The maximum Gasteiger partial charge on any atom is 0.427 e. The second-order valence-corrected chi connectivity index (χ2v) is 3.24. The van der Waals surface area contributed by atoms with Crippen LogP contribution in [0, 0.1) is 5.92 Å². The van der Waals surface area contributed by atoms with Gasteiger partial charge in [-0.05, 0) is 13.8 Å². The molecule has 102 valence electrons.